The molecule has 1 aromatic heterocycles. The van der Waals surface area contributed by atoms with Crippen LogP contribution in [0.25, 0.3) is 0 Å². The van der Waals surface area contributed by atoms with Gasteiger partial charge >= 0.3 is 5.97 Å². The van der Waals surface area contributed by atoms with Gasteiger partial charge in [-0.05, 0) is 18.9 Å². The maximum absolute atomic E-state index is 10.7. The normalized spacial score (nSPS) is 14.0. The van der Waals surface area contributed by atoms with Crippen molar-refractivity contribution in [3.8, 4) is 6.07 Å². The molecule has 1 saturated carbocycles. The lowest BCUT2D eigenvalue weighted by atomic mass is 10.2. The van der Waals surface area contributed by atoms with Crippen molar-refractivity contribution in [3.63, 3.8) is 0 Å². The number of hydrogen-bond donors (Lipinski definition) is 1. The van der Waals surface area contributed by atoms with Crippen molar-refractivity contribution in [2.24, 2.45) is 0 Å². The van der Waals surface area contributed by atoms with Gasteiger partial charge in [0.2, 0.25) is 0 Å². The maximum Gasteiger partial charge on any atom is 0.305 e. The van der Waals surface area contributed by atoms with Crippen LogP contribution >= 0.6 is 11.6 Å². The van der Waals surface area contributed by atoms with Crippen molar-refractivity contribution in [1.82, 2.24) is 4.98 Å². The van der Waals surface area contributed by atoms with Gasteiger partial charge in [0, 0.05) is 18.8 Å². The Hall–Kier alpha value is -1.80. The molecule has 0 aliphatic heterocycles. The van der Waals surface area contributed by atoms with Crippen molar-refractivity contribution in [3.05, 3.63) is 22.8 Å². The van der Waals surface area contributed by atoms with Gasteiger partial charge in [-0.2, -0.15) is 5.26 Å². The van der Waals surface area contributed by atoms with Crippen LogP contribution in [0.1, 0.15) is 24.8 Å². The lowest BCUT2D eigenvalue weighted by molar-refractivity contribution is -0.136. The molecular weight excluding hydrogens is 254 g/mol. The smallest absolute Gasteiger partial charge is 0.305 e. The summed E-state index contributed by atoms with van der Waals surface area (Å²) in [5.41, 5.74) is 0.364. The summed E-state index contributed by atoms with van der Waals surface area (Å²) in [6.45, 7) is 0.363. The molecule has 1 heterocycles. The zero-order valence-corrected chi connectivity index (χ0v) is 10.4. The monoisotopic (exact) mass is 265 g/mol. The molecule has 1 fully saturated rings. The van der Waals surface area contributed by atoms with Gasteiger partial charge in [-0.15, -0.1) is 0 Å². The first kappa shape index (κ1) is 12.7. The first-order chi connectivity index (χ1) is 8.63. The second kappa shape index (κ2) is 5.23. The first-order valence-electron chi connectivity index (χ1n) is 5.66. The minimum atomic E-state index is -0.854. The summed E-state index contributed by atoms with van der Waals surface area (Å²) in [7, 11) is 0. The number of rotatable bonds is 5. The van der Waals surface area contributed by atoms with Crippen LogP contribution < -0.4 is 4.90 Å². The molecule has 1 N–H and O–H groups in total. The lowest BCUT2D eigenvalue weighted by Gasteiger charge is -2.23. The number of pyridine rings is 1. The summed E-state index contributed by atoms with van der Waals surface area (Å²) < 4.78 is 0. The zero-order chi connectivity index (χ0) is 13.1. The summed E-state index contributed by atoms with van der Waals surface area (Å²) >= 11 is 6.12. The molecule has 0 saturated heterocycles. The van der Waals surface area contributed by atoms with E-state index >= 15 is 0 Å². The van der Waals surface area contributed by atoms with E-state index in [1.54, 1.807) is 6.07 Å². The van der Waals surface area contributed by atoms with E-state index in [4.69, 9.17) is 22.0 Å². The highest BCUT2D eigenvalue weighted by atomic mass is 35.5. The predicted molar refractivity (Wildman–Crippen MR) is 66.6 cm³/mol. The summed E-state index contributed by atoms with van der Waals surface area (Å²) in [4.78, 5) is 16.7. The number of carboxylic acids is 1. The minimum Gasteiger partial charge on any atom is -0.481 e. The number of nitriles is 1. The van der Waals surface area contributed by atoms with E-state index in [-0.39, 0.29) is 6.42 Å². The highest BCUT2D eigenvalue weighted by molar-refractivity contribution is 6.34. The quantitative estimate of drug-likeness (QED) is 0.882. The van der Waals surface area contributed by atoms with Crippen molar-refractivity contribution >= 4 is 23.4 Å². The second-order valence-electron chi connectivity index (χ2n) is 4.18. The van der Waals surface area contributed by atoms with Gasteiger partial charge in [0.15, 0.2) is 0 Å². The van der Waals surface area contributed by atoms with Crippen LogP contribution in [0.5, 0.6) is 0 Å². The molecule has 1 aromatic rings. The first-order valence-corrected chi connectivity index (χ1v) is 6.04. The molecule has 0 radical (unpaired) electrons. The Morgan fingerprint density at radius 3 is 2.94 bits per heavy atom. The molecule has 0 unspecified atom stereocenters. The molecule has 94 valence electrons. The molecule has 0 aromatic carbocycles. The number of nitrogens with zero attached hydrogens (tertiary/aromatic N) is 3. The van der Waals surface area contributed by atoms with Crippen LogP contribution in [0.3, 0.4) is 0 Å². The van der Waals surface area contributed by atoms with Crippen molar-refractivity contribution in [1.29, 1.82) is 5.26 Å². The van der Waals surface area contributed by atoms with E-state index in [9.17, 15) is 4.79 Å². The standard InChI is InChI=1S/C12H12ClN3O2/c13-11-8(7-14)3-5-15-12(11)16(9-1-2-9)6-4-10(17)18/h3,5,9H,1-2,4,6H2,(H,17,18). The Morgan fingerprint density at radius 2 is 2.39 bits per heavy atom. The molecule has 0 spiro atoms. The third-order valence-corrected chi connectivity index (χ3v) is 3.19. The van der Waals surface area contributed by atoms with Crippen LogP contribution in [0.4, 0.5) is 5.82 Å². The van der Waals surface area contributed by atoms with Crippen LogP contribution in [-0.4, -0.2) is 28.6 Å². The number of anilines is 1. The van der Waals surface area contributed by atoms with Gasteiger partial charge in [-0.1, -0.05) is 11.6 Å². The fraction of sp³-hybridized carbons (Fsp3) is 0.417. The van der Waals surface area contributed by atoms with Gasteiger partial charge in [-0.25, -0.2) is 4.98 Å². The van der Waals surface area contributed by atoms with Crippen molar-refractivity contribution in [2.45, 2.75) is 25.3 Å². The molecule has 18 heavy (non-hydrogen) atoms. The molecule has 1 aliphatic rings. The van der Waals surface area contributed by atoms with E-state index < -0.39 is 5.97 Å². The maximum atomic E-state index is 10.7. The van der Waals surface area contributed by atoms with E-state index in [0.29, 0.717) is 29.0 Å². The topological polar surface area (TPSA) is 77.2 Å². The number of halogens is 1. The van der Waals surface area contributed by atoms with Crippen LogP contribution in [0.2, 0.25) is 5.02 Å². The SMILES string of the molecule is N#Cc1ccnc(N(CCC(=O)O)C2CC2)c1Cl. The summed E-state index contributed by atoms with van der Waals surface area (Å²) in [5, 5.41) is 18.0. The highest BCUT2D eigenvalue weighted by Crippen LogP contribution is 2.35. The number of aliphatic carboxylic acids is 1. The number of carboxylic acid groups (broad SMARTS) is 1. The number of carbonyl (C=O) groups is 1. The zero-order valence-electron chi connectivity index (χ0n) is 9.64. The number of aromatic nitrogens is 1. The Bertz CT molecular complexity index is 509. The molecule has 0 atom stereocenters. The fourth-order valence-electron chi connectivity index (χ4n) is 1.78. The minimum absolute atomic E-state index is 0.0330. The Labute approximate surface area is 110 Å². The summed E-state index contributed by atoms with van der Waals surface area (Å²) in [6, 6.07) is 3.84. The molecule has 0 amide bonds. The molecule has 5 nitrogen and oxygen atoms in total. The average molecular weight is 266 g/mol. The Kier molecular flexibility index (Phi) is 3.68. The lowest BCUT2D eigenvalue weighted by Crippen LogP contribution is -2.29. The van der Waals surface area contributed by atoms with Crippen LogP contribution in [0, 0.1) is 11.3 Å². The van der Waals surface area contributed by atoms with E-state index in [1.807, 2.05) is 11.0 Å². The molecular formula is C12H12ClN3O2. The van der Waals surface area contributed by atoms with Gasteiger partial charge in [0.25, 0.3) is 0 Å². The van der Waals surface area contributed by atoms with Gasteiger partial charge < -0.3 is 10.0 Å². The predicted octanol–water partition coefficient (Wildman–Crippen LogP) is 2.05. The Morgan fingerprint density at radius 1 is 1.67 bits per heavy atom. The third-order valence-electron chi connectivity index (χ3n) is 2.82. The van der Waals surface area contributed by atoms with Crippen molar-refractivity contribution in [2.75, 3.05) is 11.4 Å². The molecule has 2 rings (SSSR count). The largest absolute Gasteiger partial charge is 0.481 e. The van der Waals surface area contributed by atoms with Crippen LogP contribution in [0.15, 0.2) is 12.3 Å². The third kappa shape index (κ3) is 2.71. The van der Waals surface area contributed by atoms with E-state index in [2.05, 4.69) is 4.98 Å². The van der Waals surface area contributed by atoms with Gasteiger partial charge in [0.1, 0.15) is 16.9 Å². The van der Waals surface area contributed by atoms with Crippen LogP contribution in [-0.2, 0) is 4.79 Å². The van der Waals surface area contributed by atoms with Gasteiger partial charge in [0.05, 0.1) is 12.0 Å². The molecule has 1 aliphatic carbocycles. The van der Waals surface area contributed by atoms with E-state index in [0.717, 1.165) is 12.8 Å². The van der Waals surface area contributed by atoms with Crippen molar-refractivity contribution < 1.29 is 9.90 Å². The Balaban J connectivity index is 2.25. The highest BCUT2D eigenvalue weighted by Gasteiger charge is 2.31. The average Bonchev–Trinajstić information content (AvgIpc) is 3.15. The molecule has 0 bridgehead atoms. The summed E-state index contributed by atoms with van der Waals surface area (Å²) in [6.07, 6.45) is 3.57. The van der Waals surface area contributed by atoms with E-state index in [1.165, 1.54) is 6.20 Å². The number of hydrogen-bond acceptors (Lipinski definition) is 4. The second-order valence-corrected chi connectivity index (χ2v) is 4.55. The molecule has 6 heteroatoms. The fourth-order valence-corrected chi connectivity index (χ4v) is 2.05. The van der Waals surface area contributed by atoms with Gasteiger partial charge in [-0.3, -0.25) is 4.79 Å². The summed E-state index contributed by atoms with van der Waals surface area (Å²) in [5.74, 6) is -0.340.